The van der Waals surface area contributed by atoms with Crippen molar-refractivity contribution in [2.24, 2.45) is 0 Å². The van der Waals surface area contributed by atoms with E-state index in [0.717, 1.165) is 57.8 Å². The average molecular weight is 1020 g/mol. The van der Waals surface area contributed by atoms with Gasteiger partial charge in [0, 0.05) is 13.0 Å². The quantitative estimate of drug-likeness (QED) is 0.0197. The van der Waals surface area contributed by atoms with E-state index >= 15 is 0 Å². The van der Waals surface area contributed by atoms with Crippen molar-refractivity contribution >= 4 is 13.8 Å². The van der Waals surface area contributed by atoms with E-state index in [4.69, 9.17) is 18.5 Å². The molecule has 71 heavy (non-hydrogen) atoms. The first-order valence-corrected chi connectivity index (χ1v) is 31.5. The molecule has 0 rings (SSSR count). The number of phosphoric acid groups is 1. The Bertz CT molecular complexity index is 1320. The zero-order valence-corrected chi connectivity index (χ0v) is 48.3. The number of hydrogen-bond acceptors (Lipinski definition) is 7. The molecule has 0 bridgehead atoms. The van der Waals surface area contributed by atoms with Gasteiger partial charge in [-0.05, 0) is 83.5 Å². The highest BCUT2D eigenvalue weighted by molar-refractivity contribution is 7.45. The van der Waals surface area contributed by atoms with E-state index in [1.165, 1.54) is 193 Å². The summed E-state index contributed by atoms with van der Waals surface area (Å²) in [4.78, 5) is 25.3. The molecule has 9 heteroatoms. The zero-order chi connectivity index (χ0) is 51.9. The predicted octanol–water partition coefficient (Wildman–Crippen LogP) is 18.5. The molecule has 0 spiro atoms. The number of ether oxygens (including phenoxy) is 2. The van der Waals surface area contributed by atoms with Crippen LogP contribution in [0, 0.1) is 0 Å². The fraction of sp³-hybridized carbons (Fsp3) is 0.823. The van der Waals surface area contributed by atoms with E-state index in [1.54, 1.807) is 0 Å². The number of nitrogens with zero attached hydrogens (tertiary/aromatic N) is 1. The summed E-state index contributed by atoms with van der Waals surface area (Å²) in [5.41, 5.74) is 0. The van der Waals surface area contributed by atoms with E-state index < -0.39 is 13.9 Å². The van der Waals surface area contributed by atoms with Crippen LogP contribution < -0.4 is 4.89 Å². The molecule has 0 fully saturated rings. The van der Waals surface area contributed by atoms with E-state index in [-0.39, 0.29) is 25.8 Å². The number of unbranched alkanes of at least 4 members (excludes halogenated alkanes) is 32. The Labute approximate surface area is 440 Å². The molecule has 0 aliphatic carbocycles. The third kappa shape index (κ3) is 59.0. The SMILES string of the molecule is CCCCCCC/C=C\C/C=C\C/C=C\CCCCCCCCCCC(=O)OC(COCCCCCCCCCCCCCCCC/C=C\C/C=C\CCCCCCC)COP(=O)([O-])OCC[N+](C)(C)C. The molecule has 416 valence electrons. The normalized spacial score (nSPS) is 13.8. The Hall–Kier alpha value is -1.80. The van der Waals surface area contributed by atoms with Gasteiger partial charge in [-0.25, -0.2) is 0 Å². The van der Waals surface area contributed by atoms with Gasteiger partial charge in [0.25, 0.3) is 7.82 Å². The molecule has 0 aliphatic rings. The molecule has 0 aromatic heterocycles. The molecular formula is C62H116NO7P. The summed E-state index contributed by atoms with van der Waals surface area (Å²) in [6.45, 7) is 5.41. The molecule has 2 atom stereocenters. The van der Waals surface area contributed by atoms with Gasteiger partial charge in [0.2, 0.25) is 0 Å². The van der Waals surface area contributed by atoms with Gasteiger partial charge in [-0.1, -0.05) is 242 Å². The number of quaternary nitrogens is 1. The summed E-state index contributed by atoms with van der Waals surface area (Å²) in [6.07, 6.45) is 71.2. The van der Waals surface area contributed by atoms with Crippen molar-refractivity contribution in [3.8, 4) is 0 Å². The summed E-state index contributed by atoms with van der Waals surface area (Å²) in [6, 6.07) is 0. The van der Waals surface area contributed by atoms with Crippen LogP contribution in [0.5, 0.6) is 0 Å². The van der Waals surface area contributed by atoms with Crippen molar-refractivity contribution in [1.82, 2.24) is 0 Å². The summed E-state index contributed by atoms with van der Waals surface area (Å²) >= 11 is 0. The van der Waals surface area contributed by atoms with Crippen LogP contribution in [0.25, 0.3) is 0 Å². The molecule has 0 radical (unpaired) electrons. The van der Waals surface area contributed by atoms with Gasteiger partial charge in [-0.15, -0.1) is 0 Å². The molecule has 0 aliphatic heterocycles. The lowest BCUT2D eigenvalue weighted by molar-refractivity contribution is -0.870. The van der Waals surface area contributed by atoms with Crippen molar-refractivity contribution in [3.05, 3.63) is 60.8 Å². The van der Waals surface area contributed by atoms with Crippen LogP contribution in [0.4, 0.5) is 0 Å². The first-order chi connectivity index (χ1) is 34.6. The standard InChI is InChI=1S/C62H116NO7P/c1-6-8-10-12-14-16-18-20-22-24-26-28-30-31-32-34-36-38-40-42-44-46-48-50-52-54-57-67-59-61(60-69-71(65,66)68-58-56-63(3,4)5)70-62(64)55-53-51-49-47-45-43-41-39-37-35-33-29-27-25-23-21-19-17-15-13-11-9-7-2/h18-21,24-27,33,35,61H,6-17,22-23,28-32,34,36-60H2,1-5H3/b20-18-,21-19-,26-24-,27-25-,35-33-. The molecular weight excluding hydrogens is 902 g/mol. The number of carbonyl (C=O) groups excluding carboxylic acids is 1. The highest BCUT2D eigenvalue weighted by atomic mass is 31.2. The smallest absolute Gasteiger partial charge is 0.306 e. The second kappa shape index (κ2) is 54.5. The number of esters is 1. The van der Waals surface area contributed by atoms with Gasteiger partial charge in [0.1, 0.15) is 19.3 Å². The Morgan fingerprint density at radius 1 is 0.437 bits per heavy atom. The maximum atomic E-state index is 12.8. The first-order valence-electron chi connectivity index (χ1n) is 30.0. The average Bonchev–Trinajstić information content (AvgIpc) is 3.33. The third-order valence-electron chi connectivity index (χ3n) is 13.0. The van der Waals surface area contributed by atoms with Gasteiger partial charge in [-0.3, -0.25) is 9.36 Å². The van der Waals surface area contributed by atoms with Crippen LogP contribution in [0.3, 0.4) is 0 Å². The number of rotatable bonds is 56. The first kappa shape index (κ1) is 69.2. The summed E-state index contributed by atoms with van der Waals surface area (Å²) < 4.78 is 34.9. The fourth-order valence-corrected chi connectivity index (χ4v) is 9.14. The highest BCUT2D eigenvalue weighted by Crippen LogP contribution is 2.38. The maximum Gasteiger partial charge on any atom is 0.306 e. The fourth-order valence-electron chi connectivity index (χ4n) is 8.41. The van der Waals surface area contributed by atoms with Crippen molar-refractivity contribution in [2.75, 3.05) is 54.1 Å². The minimum absolute atomic E-state index is 0.0232. The van der Waals surface area contributed by atoms with E-state index in [2.05, 4.69) is 74.6 Å². The Morgan fingerprint density at radius 3 is 1.15 bits per heavy atom. The van der Waals surface area contributed by atoms with Gasteiger partial charge >= 0.3 is 5.97 Å². The van der Waals surface area contributed by atoms with Gasteiger partial charge in [0.05, 0.1) is 34.4 Å². The molecule has 0 aromatic carbocycles. The Morgan fingerprint density at radius 2 is 0.775 bits per heavy atom. The predicted molar refractivity (Wildman–Crippen MR) is 305 cm³/mol. The van der Waals surface area contributed by atoms with Crippen LogP contribution in [0.1, 0.15) is 271 Å². The van der Waals surface area contributed by atoms with Crippen LogP contribution in [-0.4, -0.2) is 70.7 Å². The largest absolute Gasteiger partial charge is 0.756 e. The lowest BCUT2D eigenvalue weighted by atomic mass is 10.0. The Balaban J connectivity index is 4.07. The van der Waals surface area contributed by atoms with Crippen molar-refractivity contribution in [1.29, 1.82) is 0 Å². The number of likely N-dealkylation sites (N-methyl/N-ethyl adjacent to an activating group) is 1. The molecule has 2 unspecified atom stereocenters. The Kier molecular flexibility index (Phi) is 53.1. The lowest BCUT2D eigenvalue weighted by Crippen LogP contribution is -2.37. The van der Waals surface area contributed by atoms with Crippen LogP contribution >= 0.6 is 7.82 Å². The van der Waals surface area contributed by atoms with E-state index in [1.807, 2.05) is 21.1 Å². The zero-order valence-electron chi connectivity index (χ0n) is 47.4. The number of allylic oxidation sites excluding steroid dienone is 10. The van der Waals surface area contributed by atoms with E-state index in [0.29, 0.717) is 24.1 Å². The van der Waals surface area contributed by atoms with Crippen LogP contribution in [0.2, 0.25) is 0 Å². The molecule has 0 heterocycles. The van der Waals surface area contributed by atoms with Crippen molar-refractivity contribution in [2.45, 2.75) is 277 Å². The van der Waals surface area contributed by atoms with Crippen molar-refractivity contribution in [3.63, 3.8) is 0 Å². The topological polar surface area (TPSA) is 94.1 Å². The lowest BCUT2D eigenvalue weighted by Gasteiger charge is -2.28. The highest BCUT2D eigenvalue weighted by Gasteiger charge is 2.20. The monoisotopic (exact) mass is 1020 g/mol. The van der Waals surface area contributed by atoms with Crippen molar-refractivity contribution < 1.29 is 37.3 Å². The van der Waals surface area contributed by atoms with Gasteiger partial charge in [0.15, 0.2) is 0 Å². The maximum absolute atomic E-state index is 12.8. The number of hydrogen-bond donors (Lipinski definition) is 0. The van der Waals surface area contributed by atoms with Gasteiger partial charge < -0.3 is 27.9 Å². The minimum atomic E-state index is -4.54. The van der Waals surface area contributed by atoms with Gasteiger partial charge in [-0.2, -0.15) is 0 Å². The third-order valence-corrected chi connectivity index (χ3v) is 14.0. The summed E-state index contributed by atoms with van der Waals surface area (Å²) in [7, 11) is 1.35. The molecule has 8 nitrogen and oxygen atoms in total. The van der Waals surface area contributed by atoms with E-state index in [9.17, 15) is 14.3 Å². The number of carbonyl (C=O) groups is 1. The molecule has 0 aromatic rings. The summed E-state index contributed by atoms with van der Waals surface area (Å²) in [5.74, 6) is -0.339. The second-order valence-corrected chi connectivity index (χ2v) is 22.8. The molecule has 0 saturated carbocycles. The van der Waals surface area contributed by atoms with Crippen LogP contribution in [0.15, 0.2) is 60.8 Å². The summed E-state index contributed by atoms with van der Waals surface area (Å²) in [5, 5.41) is 0. The molecule has 0 N–H and O–H groups in total. The molecule has 0 amide bonds. The second-order valence-electron chi connectivity index (χ2n) is 21.4. The minimum Gasteiger partial charge on any atom is -0.756 e. The number of phosphoric ester groups is 1. The molecule has 0 saturated heterocycles. The van der Waals surface area contributed by atoms with Crippen LogP contribution in [-0.2, 0) is 27.9 Å².